The summed E-state index contributed by atoms with van der Waals surface area (Å²) in [5.74, 6) is 1.09. The van der Waals surface area contributed by atoms with Crippen LogP contribution in [0.3, 0.4) is 0 Å². The lowest BCUT2D eigenvalue weighted by Crippen LogP contribution is -2.44. The van der Waals surface area contributed by atoms with E-state index in [0.29, 0.717) is 22.9 Å². The summed E-state index contributed by atoms with van der Waals surface area (Å²) in [5.41, 5.74) is 0.929. The minimum atomic E-state index is 0.380. The van der Waals surface area contributed by atoms with Crippen LogP contribution < -0.4 is 10.6 Å². The molecule has 0 spiro atoms. The minimum absolute atomic E-state index is 0.380. The second-order valence-electron chi connectivity index (χ2n) is 9.92. The van der Waals surface area contributed by atoms with Gasteiger partial charge in [-0.15, -0.1) is 11.3 Å². The molecular formula is C27H46N4O2S2. The highest BCUT2D eigenvalue weighted by molar-refractivity contribution is 7.80. The van der Waals surface area contributed by atoms with Gasteiger partial charge in [0.1, 0.15) is 5.69 Å². The van der Waals surface area contributed by atoms with Gasteiger partial charge in [-0.2, -0.15) is 0 Å². The number of likely N-dealkylation sites (N-methyl/N-ethyl adjacent to an activating group) is 1. The third kappa shape index (κ3) is 13.3. The Hall–Kier alpha value is -1.61. The molecule has 0 saturated carbocycles. The van der Waals surface area contributed by atoms with Crippen LogP contribution in [0.2, 0.25) is 0 Å². The van der Waals surface area contributed by atoms with Gasteiger partial charge in [0.15, 0.2) is 11.4 Å². The van der Waals surface area contributed by atoms with Crippen LogP contribution >= 0.6 is 23.6 Å². The third-order valence-corrected chi connectivity index (χ3v) is 7.57. The molecule has 0 bridgehead atoms. The van der Waals surface area contributed by atoms with Crippen molar-refractivity contribution < 1.29 is 9.53 Å². The van der Waals surface area contributed by atoms with Gasteiger partial charge in [0.2, 0.25) is 0 Å². The van der Waals surface area contributed by atoms with E-state index in [-0.39, 0.29) is 0 Å². The van der Waals surface area contributed by atoms with Crippen LogP contribution in [0.4, 0.5) is 0 Å². The molecule has 0 radical (unpaired) electrons. The highest BCUT2D eigenvalue weighted by Crippen LogP contribution is 2.30. The van der Waals surface area contributed by atoms with Crippen molar-refractivity contribution in [2.45, 2.75) is 59.3 Å². The number of methoxy groups -OCH3 is 1. The van der Waals surface area contributed by atoms with Crippen LogP contribution in [-0.4, -0.2) is 68.2 Å². The number of rotatable bonds is 11. The molecule has 0 aromatic carbocycles. The number of nitrogens with zero attached hydrogens (tertiary/aromatic N) is 2. The normalized spacial score (nSPS) is 15.8. The summed E-state index contributed by atoms with van der Waals surface area (Å²) in [5, 5.41) is 10.1. The van der Waals surface area contributed by atoms with Crippen molar-refractivity contribution in [3.8, 4) is 0 Å². The second-order valence-corrected chi connectivity index (χ2v) is 11.2. The van der Waals surface area contributed by atoms with Crippen LogP contribution in [0.25, 0.3) is 0 Å². The Morgan fingerprint density at radius 2 is 2.03 bits per heavy atom. The van der Waals surface area contributed by atoms with E-state index in [2.05, 4.69) is 72.5 Å². The molecule has 1 unspecified atom stereocenters. The second kappa shape index (κ2) is 17.8. The number of hydrogen-bond acceptors (Lipinski definition) is 6. The Kier molecular flexibility index (Phi) is 15.9. The number of aromatic nitrogens is 1. The summed E-state index contributed by atoms with van der Waals surface area (Å²) in [6.07, 6.45) is 13.8. The van der Waals surface area contributed by atoms with E-state index in [9.17, 15) is 4.79 Å². The fourth-order valence-electron chi connectivity index (χ4n) is 3.34. The number of carbonyl (C=O) groups is 1. The van der Waals surface area contributed by atoms with Crippen molar-refractivity contribution in [2.24, 2.45) is 11.3 Å². The molecule has 2 heterocycles. The van der Waals surface area contributed by atoms with Gasteiger partial charge in [-0.05, 0) is 56.3 Å². The van der Waals surface area contributed by atoms with Crippen molar-refractivity contribution in [3.63, 3.8) is 0 Å². The standard InChI is InChI=1S/C14H21N3O2S2.C13H25N/c1-19-8-2-5-15-14(20)17-6-3-11(4-7-17)13-16-12(9-18)10-21-13;1-12(13(2,3)4)10-8-6-7-9-11-14-5/h9-11H,2-8H2,1H3,(H,15,20);7-10,12,14H,6,11H2,1-5H3/b;9-7-,10-8-. The van der Waals surface area contributed by atoms with Crippen molar-refractivity contribution in [1.29, 1.82) is 0 Å². The van der Waals surface area contributed by atoms with Crippen molar-refractivity contribution in [2.75, 3.05) is 46.9 Å². The maximum absolute atomic E-state index is 10.7. The lowest BCUT2D eigenvalue weighted by Gasteiger charge is -2.33. The number of aldehydes is 1. The molecule has 1 aromatic heterocycles. The van der Waals surface area contributed by atoms with Gasteiger partial charge in [-0.25, -0.2) is 4.98 Å². The largest absolute Gasteiger partial charge is 0.385 e. The maximum Gasteiger partial charge on any atom is 0.169 e. The molecule has 1 atom stereocenters. The van der Waals surface area contributed by atoms with E-state index in [0.717, 1.165) is 74.9 Å². The predicted octanol–water partition coefficient (Wildman–Crippen LogP) is 5.44. The first kappa shape index (κ1) is 31.4. The summed E-state index contributed by atoms with van der Waals surface area (Å²) in [4.78, 5) is 17.3. The Morgan fingerprint density at radius 1 is 1.31 bits per heavy atom. The lowest BCUT2D eigenvalue weighted by molar-refractivity contribution is 0.111. The zero-order valence-electron chi connectivity index (χ0n) is 22.5. The number of allylic oxidation sites excluding steroid dienone is 3. The molecule has 0 aliphatic carbocycles. The van der Waals surface area contributed by atoms with Crippen LogP contribution in [0.15, 0.2) is 29.7 Å². The van der Waals surface area contributed by atoms with Crippen molar-refractivity contribution >= 4 is 35.0 Å². The predicted molar refractivity (Wildman–Crippen MR) is 154 cm³/mol. The topological polar surface area (TPSA) is 66.5 Å². The molecule has 6 nitrogen and oxygen atoms in total. The quantitative estimate of drug-likeness (QED) is 0.174. The van der Waals surface area contributed by atoms with Gasteiger partial charge in [0.05, 0.1) is 5.01 Å². The minimum Gasteiger partial charge on any atom is -0.385 e. The summed E-state index contributed by atoms with van der Waals surface area (Å²) in [7, 11) is 3.67. The molecule has 35 heavy (non-hydrogen) atoms. The van der Waals surface area contributed by atoms with E-state index < -0.39 is 0 Å². The van der Waals surface area contributed by atoms with E-state index in [4.69, 9.17) is 17.0 Å². The molecule has 2 N–H and O–H groups in total. The highest BCUT2D eigenvalue weighted by atomic mass is 32.1. The Balaban J connectivity index is 0.000000383. The van der Waals surface area contributed by atoms with Gasteiger partial charge in [0.25, 0.3) is 0 Å². The first-order valence-corrected chi connectivity index (χ1v) is 13.9. The van der Waals surface area contributed by atoms with E-state index in [1.54, 1.807) is 18.4 Å². The summed E-state index contributed by atoms with van der Waals surface area (Å²) >= 11 is 7.00. The van der Waals surface area contributed by atoms with Crippen molar-refractivity contribution in [1.82, 2.24) is 20.5 Å². The molecule has 1 fully saturated rings. The van der Waals surface area contributed by atoms with Crippen molar-refractivity contribution in [3.05, 3.63) is 40.4 Å². The van der Waals surface area contributed by atoms with Crippen LogP contribution in [0.5, 0.6) is 0 Å². The van der Waals surface area contributed by atoms with Gasteiger partial charge < -0.3 is 20.3 Å². The zero-order valence-corrected chi connectivity index (χ0v) is 24.1. The number of thiocarbonyl (C=S) groups is 1. The number of hydrogen-bond donors (Lipinski definition) is 2. The van der Waals surface area contributed by atoms with E-state index in [1.165, 1.54) is 0 Å². The molecule has 1 saturated heterocycles. The Labute approximate surface area is 222 Å². The molecule has 0 amide bonds. The SMILES string of the molecule is CNC/C=C\C/C=C\C(C)C(C)(C)C.COCCCNC(=S)N1CCC(c2nc(C=O)cs2)CC1. The number of piperidine rings is 1. The number of carbonyl (C=O) groups excluding carboxylic acids is 1. The first-order chi connectivity index (χ1) is 16.7. The Bertz CT molecular complexity index is 778. The molecule has 1 aliphatic heterocycles. The van der Waals surface area contributed by atoms with Crippen LogP contribution in [0, 0.1) is 11.3 Å². The fraction of sp³-hybridized carbons (Fsp3) is 0.667. The fourth-order valence-corrected chi connectivity index (χ4v) is 4.56. The van der Waals surface area contributed by atoms with Gasteiger partial charge in [-0.1, -0.05) is 52.0 Å². The molecule has 1 aromatic rings. The monoisotopic (exact) mass is 522 g/mol. The molecular weight excluding hydrogens is 476 g/mol. The van der Waals surface area contributed by atoms with Crippen LogP contribution in [0.1, 0.15) is 74.8 Å². The smallest absolute Gasteiger partial charge is 0.169 e. The summed E-state index contributed by atoms with van der Waals surface area (Å²) in [6, 6.07) is 0. The average molecular weight is 523 g/mol. The lowest BCUT2D eigenvalue weighted by atomic mass is 9.82. The van der Waals surface area contributed by atoms with Gasteiger partial charge in [-0.3, -0.25) is 4.79 Å². The number of ether oxygens (including phenoxy) is 1. The van der Waals surface area contributed by atoms with E-state index >= 15 is 0 Å². The molecule has 198 valence electrons. The first-order valence-electron chi connectivity index (χ1n) is 12.6. The number of likely N-dealkylation sites (tertiary alicyclic amines) is 1. The van der Waals surface area contributed by atoms with E-state index in [1.807, 2.05) is 12.4 Å². The van der Waals surface area contributed by atoms with Crippen LogP contribution in [-0.2, 0) is 4.74 Å². The zero-order chi connectivity index (χ0) is 26.1. The molecule has 1 aliphatic rings. The van der Waals surface area contributed by atoms with Gasteiger partial charge >= 0.3 is 0 Å². The molecule has 2 rings (SSSR count). The summed E-state index contributed by atoms with van der Waals surface area (Å²) in [6.45, 7) is 13.5. The van der Waals surface area contributed by atoms with Gasteiger partial charge in [0, 0.05) is 51.2 Å². The molecule has 8 heteroatoms. The highest BCUT2D eigenvalue weighted by Gasteiger charge is 2.24. The number of nitrogens with one attached hydrogen (secondary N) is 2. The summed E-state index contributed by atoms with van der Waals surface area (Å²) < 4.78 is 5.02. The number of thiazole rings is 1. The average Bonchev–Trinajstić information content (AvgIpc) is 3.33. The maximum atomic E-state index is 10.7. The third-order valence-electron chi connectivity index (χ3n) is 6.14. The Morgan fingerprint density at radius 3 is 2.60 bits per heavy atom.